The van der Waals surface area contributed by atoms with Crippen molar-refractivity contribution in [3.05, 3.63) is 24.2 Å². The second-order valence-corrected chi connectivity index (χ2v) is 5.58. The van der Waals surface area contributed by atoms with E-state index in [1.165, 1.54) is 0 Å². The second kappa shape index (κ2) is 6.56. The predicted octanol–water partition coefficient (Wildman–Crippen LogP) is 2.35. The van der Waals surface area contributed by atoms with Gasteiger partial charge in [0.2, 0.25) is 5.95 Å². The van der Waals surface area contributed by atoms with Crippen LogP contribution in [0.15, 0.2) is 18.5 Å². The highest BCUT2D eigenvalue weighted by Crippen LogP contribution is 2.20. The van der Waals surface area contributed by atoms with Crippen molar-refractivity contribution in [2.75, 3.05) is 23.4 Å². The highest BCUT2D eigenvalue weighted by atomic mass is 32.2. The second-order valence-electron chi connectivity index (χ2n) is 4.19. The number of anilines is 1. The molecule has 19 heavy (non-hydrogen) atoms. The van der Waals surface area contributed by atoms with Crippen LogP contribution in [0.25, 0.3) is 11.3 Å². The predicted molar refractivity (Wildman–Crippen MR) is 80.5 cm³/mol. The van der Waals surface area contributed by atoms with E-state index in [0.717, 1.165) is 35.0 Å². The first-order chi connectivity index (χ1) is 9.20. The molecule has 0 saturated carbocycles. The molecule has 0 atom stereocenters. The fraction of sp³-hybridized carbons (Fsp3) is 0.462. The van der Waals surface area contributed by atoms with Gasteiger partial charge in [0.1, 0.15) is 0 Å². The molecular weight excluding hydrogens is 258 g/mol. The standard InChI is InChI=1S/C13H19N5S/c1-4-19-8-7-15-13-14-6-5-12(16-13)11-9-18(3)17-10(11)2/h5-6,9H,4,7-8H2,1-3H3,(H,14,15,16). The number of nitrogens with zero attached hydrogens (tertiary/aromatic N) is 4. The van der Waals surface area contributed by atoms with Gasteiger partial charge in [-0.1, -0.05) is 6.92 Å². The van der Waals surface area contributed by atoms with Crippen LogP contribution in [0.1, 0.15) is 12.6 Å². The summed E-state index contributed by atoms with van der Waals surface area (Å²) >= 11 is 1.90. The molecule has 0 radical (unpaired) electrons. The van der Waals surface area contributed by atoms with Gasteiger partial charge in [-0.25, -0.2) is 9.97 Å². The Bertz CT molecular complexity index is 538. The van der Waals surface area contributed by atoms with E-state index < -0.39 is 0 Å². The minimum Gasteiger partial charge on any atom is -0.353 e. The molecular formula is C13H19N5S. The average molecular weight is 277 g/mol. The molecule has 0 aliphatic carbocycles. The molecule has 2 heterocycles. The minimum absolute atomic E-state index is 0.678. The van der Waals surface area contributed by atoms with Crippen molar-refractivity contribution >= 4 is 17.7 Å². The van der Waals surface area contributed by atoms with Crippen LogP contribution in [0, 0.1) is 6.92 Å². The molecule has 0 spiro atoms. The number of hydrogen-bond acceptors (Lipinski definition) is 5. The van der Waals surface area contributed by atoms with Crippen LogP contribution < -0.4 is 5.32 Å². The maximum Gasteiger partial charge on any atom is 0.223 e. The molecule has 0 aliphatic rings. The largest absolute Gasteiger partial charge is 0.353 e. The van der Waals surface area contributed by atoms with Crippen LogP contribution in [0.5, 0.6) is 0 Å². The summed E-state index contributed by atoms with van der Waals surface area (Å²) in [6.07, 6.45) is 3.76. The SMILES string of the molecule is CCSCCNc1nccc(-c2cn(C)nc2C)n1. The summed E-state index contributed by atoms with van der Waals surface area (Å²) < 4.78 is 1.80. The third-order valence-electron chi connectivity index (χ3n) is 2.68. The topological polar surface area (TPSA) is 55.6 Å². The Kier molecular flexibility index (Phi) is 4.79. The fourth-order valence-corrected chi connectivity index (χ4v) is 2.36. The van der Waals surface area contributed by atoms with Gasteiger partial charge in [0.25, 0.3) is 0 Å². The van der Waals surface area contributed by atoms with Crippen molar-refractivity contribution in [1.29, 1.82) is 0 Å². The Morgan fingerprint density at radius 2 is 2.26 bits per heavy atom. The highest BCUT2D eigenvalue weighted by Gasteiger charge is 2.08. The van der Waals surface area contributed by atoms with Gasteiger partial charge in [-0.3, -0.25) is 4.68 Å². The molecule has 2 aromatic rings. The van der Waals surface area contributed by atoms with E-state index in [0.29, 0.717) is 5.95 Å². The lowest BCUT2D eigenvalue weighted by molar-refractivity contribution is 0.756. The molecule has 0 aliphatic heterocycles. The summed E-state index contributed by atoms with van der Waals surface area (Å²) in [5, 5.41) is 7.58. The first-order valence-corrected chi connectivity index (χ1v) is 7.51. The zero-order valence-corrected chi connectivity index (χ0v) is 12.4. The van der Waals surface area contributed by atoms with Gasteiger partial charge in [0.15, 0.2) is 0 Å². The molecule has 102 valence electrons. The lowest BCUT2D eigenvalue weighted by Gasteiger charge is -2.05. The van der Waals surface area contributed by atoms with E-state index in [4.69, 9.17) is 0 Å². The smallest absolute Gasteiger partial charge is 0.223 e. The van der Waals surface area contributed by atoms with Crippen LogP contribution in [0.2, 0.25) is 0 Å². The van der Waals surface area contributed by atoms with Crippen molar-refractivity contribution in [1.82, 2.24) is 19.7 Å². The molecule has 0 bridgehead atoms. The van der Waals surface area contributed by atoms with Crippen LogP contribution in [-0.2, 0) is 7.05 Å². The monoisotopic (exact) mass is 277 g/mol. The Balaban J connectivity index is 2.09. The maximum atomic E-state index is 4.53. The Labute approximate surface area is 117 Å². The number of rotatable bonds is 6. The lowest BCUT2D eigenvalue weighted by Crippen LogP contribution is -2.07. The first-order valence-electron chi connectivity index (χ1n) is 6.36. The van der Waals surface area contributed by atoms with Gasteiger partial charge in [-0.05, 0) is 18.7 Å². The summed E-state index contributed by atoms with van der Waals surface area (Å²) in [6, 6.07) is 1.91. The summed E-state index contributed by atoms with van der Waals surface area (Å²) in [5.74, 6) is 2.88. The molecule has 2 aromatic heterocycles. The molecule has 6 heteroatoms. The van der Waals surface area contributed by atoms with Crippen LogP contribution >= 0.6 is 11.8 Å². The molecule has 0 amide bonds. The lowest BCUT2D eigenvalue weighted by atomic mass is 10.2. The third-order valence-corrected chi connectivity index (χ3v) is 3.58. The van der Waals surface area contributed by atoms with E-state index in [1.54, 1.807) is 10.9 Å². The van der Waals surface area contributed by atoms with Crippen LogP contribution in [-0.4, -0.2) is 37.8 Å². The van der Waals surface area contributed by atoms with Crippen LogP contribution in [0.3, 0.4) is 0 Å². The summed E-state index contributed by atoms with van der Waals surface area (Å²) in [4.78, 5) is 8.77. The van der Waals surface area contributed by atoms with E-state index in [2.05, 4.69) is 27.3 Å². The Morgan fingerprint density at radius 1 is 1.42 bits per heavy atom. The van der Waals surface area contributed by atoms with Gasteiger partial charge in [0.05, 0.1) is 11.4 Å². The summed E-state index contributed by atoms with van der Waals surface area (Å²) in [5.41, 5.74) is 2.94. The molecule has 0 saturated heterocycles. The zero-order valence-electron chi connectivity index (χ0n) is 11.6. The number of aromatic nitrogens is 4. The quantitative estimate of drug-likeness (QED) is 0.821. The molecule has 0 unspecified atom stereocenters. The molecule has 2 rings (SSSR count). The highest BCUT2D eigenvalue weighted by molar-refractivity contribution is 7.99. The molecule has 5 nitrogen and oxygen atoms in total. The first kappa shape index (κ1) is 13.9. The number of hydrogen-bond donors (Lipinski definition) is 1. The van der Waals surface area contributed by atoms with E-state index in [1.807, 2.05) is 38.0 Å². The normalized spacial score (nSPS) is 10.7. The summed E-state index contributed by atoms with van der Waals surface area (Å²) in [6.45, 7) is 5.03. The number of nitrogens with one attached hydrogen (secondary N) is 1. The summed E-state index contributed by atoms with van der Waals surface area (Å²) in [7, 11) is 1.92. The Morgan fingerprint density at radius 3 is 2.95 bits per heavy atom. The Hall–Kier alpha value is -1.56. The van der Waals surface area contributed by atoms with Crippen LogP contribution in [0.4, 0.5) is 5.95 Å². The van der Waals surface area contributed by atoms with Gasteiger partial charge in [0, 0.05) is 37.3 Å². The van der Waals surface area contributed by atoms with Crippen molar-refractivity contribution < 1.29 is 0 Å². The number of aryl methyl sites for hydroxylation is 2. The number of thioether (sulfide) groups is 1. The van der Waals surface area contributed by atoms with E-state index in [-0.39, 0.29) is 0 Å². The van der Waals surface area contributed by atoms with Gasteiger partial charge in [-0.15, -0.1) is 0 Å². The van der Waals surface area contributed by atoms with Crippen molar-refractivity contribution in [3.8, 4) is 11.3 Å². The molecule has 0 fully saturated rings. The molecule has 0 aromatic carbocycles. The minimum atomic E-state index is 0.678. The van der Waals surface area contributed by atoms with Crippen molar-refractivity contribution in [2.45, 2.75) is 13.8 Å². The average Bonchev–Trinajstić information content (AvgIpc) is 2.74. The van der Waals surface area contributed by atoms with Crippen molar-refractivity contribution in [3.63, 3.8) is 0 Å². The molecule has 1 N–H and O–H groups in total. The van der Waals surface area contributed by atoms with E-state index >= 15 is 0 Å². The third kappa shape index (κ3) is 3.70. The fourth-order valence-electron chi connectivity index (χ4n) is 1.82. The van der Waals surface area contributed by atoms with Crippen molar-refractivity contribution in [2.24, 2.45) is 7.05 Å². The van der Waals surface area contributed by atoms with Gasteiger partial charge in [-0.2, -0.15) is 16.9 Å². The maximum absolute atomic E-state index is 4.53. The van der Waals surface area contributed by atoms with E-state index in [9.17, 15) is 0 Å². The zero-order chi connectivity index (χ0) is 13.7. The van der Waals surface area contributed by atoms with Gasteiger partial charge >= 0.3 is 0 Å². The van der Waals surface area contributed by atoms with Gasteiger partial charge < -0.3 is 5.32 Å².